The predicted molar refractivity (Wildman–Crippen MR) is 75.0 cm³/mol. The number of carbonyl (C=O) groups is 1. The highest BCUT2D eigenvalue weighted by Crippen LogP contribution is 2.23. The van der Waals surface area contributed by atoms with Gasteiger partial charge in [0.15, 0.2) is 0 Å². The first kappa shape index (κ1) is 14.2. The Morgan fingerprint density at radius 1 is 1.53 bits per heavy atom. The standard InChI is InChI=1S/C13H19BrN2O/c1-9(15)5-3-8-13(17)16-12-7-4-6-11(14)10(12)2/h4,6-7,9H,3,5,8,15H2,1-2H3,(H,16,17). The summed E-state index contributed by atoms with van der Waals surface area (Å²) < 4.78 is 1.01. The van der Waals surface area contributed by atoms with Crippen LogP contribution in [0.4, 0.5) is 5.69 Å². The van der Waals surface area contributed by atoms with E-state index in [1.807, 2.05) is 32.0 Å². The number of rotatable bonds is 5. The quantitative estimate of drug-likeness (QED) is 0.877. The van der Waals surface area contributed by atoms with Crippen LogP contribution in [0.15, 0.2) is 22.7 Å². The van der Waals surface area contributed by atoms with Crippen LogP contribution in [0.1, 0.15) is 31.7 Å². The molecule has 1 aromatic carbocycles. The molecule has 17 heavy (non-hydrogen) atoms. The normalized spacial score (nSPS) is 12.2. The Kier molecular flexibility index (Phi) is 5.65. The molecule has 94 valence electrons. The van der Waals surface area contributed by atoms with E-state index < -0.39 is 0 Å². The summed E-state index contributed by atoms with van der Waals surface area (Å²) in [7, 11) is 0. The topological polar surface area (TPSA) is 55.1 Å². The Bertz CT molecular complexity index is 391. The number of amides is 1. The summed E-state index contributed by atoms with van der Waals surface area (Å²) in [6.45, 7) is 3.93. The molecule has 0 aliphatic rings. The van der Waals surface area contributed by atoms with E-state index in [0.29, 0.717) is 6.42 Å². The maximum Gasteiger partial charge on any atom is 0.224 e. The number of carbonyl (C=O) groups excluding carboxylic acids is 1. The summed E-state index contributed by atoms with van der Waals surface area (Å²) >= 11 is 3.44. The van der Waals surface area contributed by atoms with Gasteiger partial charge in [-0.15, -0.1) is 0 Å². The van der Waals surface area contributed by atoms with Crippen LogP contribution in [-0.4, -0.2) is 11.9 Å². The lowest BCUT2D eigenvalue weighted by molar-refractivity contribution is -0.116. The molecule has 3 N–H and O–H groups in total. The van der Waals surface area contributed by atoms with Gasteiger partial charge in [0.1, 0.15) is 0 Å². The van der Waals surface area contributed by atoms with E-state index in [4.69, 9.17) is 5.73 Å². The van der Waals surface area contributed by atoms with Crippen molar-refractivity contribution in [3.8, 4) is 0 Å². The SMILES string of the molecule is Cc1c(Br)cccc1NC(=O)CCCC(C)N. The molecule has 3 nitrogen and oxygen atoms in total. The van der Waals surface area contributed by atoms with Crippen molar-refractivity contribution in [3.63, 3.8) is 0 Å². The third-order valence-electron chi connectivity index (χ3n) is 2.61. The van der Waals surface area contributed by atoms with E-state index in [1.54, 1.807) is 0 Å². The first-order valence-corrected chi connectivity index (χ1v) is 6.60. The van der Waals surface area contributed by atoms with Crippen molar-refractivity contribution in [1.82, 2.24) is 0 Å². The van der Waals surface area contributed by atoms with Gasteiger partial charge in [-0.05, 0) is 44.4 Å². The Balaban J connectivity index is 2.48. The zero-order chi connectivity index (χ0) is 12.8. The summed E-state index contributed by atoms with van der Waals surface area (Å²) in [5.41, 5.74) is 7.55. The molecular formula is C13H19BrN2O. The average Bonchev–Trinajstić information content (AvgIpc) is 2.24. The maximum absolute atomic E-state index is 11.7. The molecule has 0 bridgehead atoms. The van der Waals surface area contributed by atoms with Gasteiger partial charge in [0.05, 0.1) is 0 Å². The first-order valence-electron chi connectivity index (χ1n) is 5.81. The molecule has 1 atom stereocenters. The highest BCUT2D eigenvalue weighted by atomic mass is 79.9. The Hall–Kier alpha value is -0.870. The molecule has 0 aliphatic heterocycles. The van der Waals surface area contributed by atoms with Gasteiger partial charge in [-0.2, -0.15) is 0 Å². The number of nitrogens with two attached hydrogens (primary N) is 1. The zero-order valence-electron chi connectivity index (χ0n) is 10.3. The molecule has 4 heteroatoms. The van der Waals surface area contributed by atoms with Crippen molar-refractivity contribution >= 4 is 27.5 Å². The van der Waals surface area contributed by atoms with Crippen molar-refractivity contribution in [2.75, 3.05) is 5.32 Å². The highest BCUT2D eigenvalue weighted by molar-refractivity contribution is 9.10. The van der Waals surface area contributed by atoms with E-state index in [-0.39, 0.29) is 11.9 Å². The molecule has 0 fully saturated rings. The number of halogens is 1. The van der Waals surface area contributed by atoms with E-state index in [2.05, 4.69) is 21.2 Å². The minimum absolute atomic E-state index is 0.0480. The van der Waals surface area contributed by atoms with Crippen LogP contribution in [0.2, 0.25) is 0 Å². The zero-order valence-corrected chi connectivity index (χ0v) is 11.9. The predicted octanol–water partition coefficient (Wildman–Crippen LogP) is 3.21. The summed E-state index contributed by atoms with van der Waals surface area (Å²) in [5.74, 6) is 0.0480. The summed E-state index contributed by atoms with van der Waals surface area (Å²) in [6, 6.07) is 5.94. The number of anilines is 1. The van der Waals surface area contributed by atoms with Gasteiger partial charge in [0, 0.05) is 22.6 Å². The molecule has 0 radical (unpaired) electrons. The lowest BCUT2D eigenvalue weighted by Crippen LogP contribution is -2.17. The van der Waals surface area contributed by atoms with Gasteiger partial charge in [-0.3, -0.25) is 4.79 Å². The number of hydrogen-bond donors (Lipinski definition) is 2. The summed E-state index contributed by atoms with van der Waals surface area (Å²) in [5, 5.41) is 2.92. The van der Waals surface area contributed by atoms with Crippen molar-refractivity contribution in [2.45, 2.75) is 39.2 Å². The maximum atomic E-state index is 11.7. The van der Waals surface area contributed by atoms with Gasteiger partial charge in [-0.25, -0.2) is 0 Å². The highest BCUT2D eigenvalue weighted by Gasteiger charge is 2.06. The molecular weight excluding hydrogens is 280 g/mol. The Morgan fingerprint density at radius 3 is 2.88 bits per heavy atom. The fraction of sp³-hybridized carbons (Fsp3) is 0.462. The van der Waals surface area contributed by atoms with Gasteiger partial charge >= 0.3 is 0 Å². The first-order chi connectivity index (χ1) is 8.00. The van der Waals surface area contributed by atoms with Gasteiger partial charge < -0.3 is 11.1 Å². The van der Waals surface area contributed by atoms with Crippen molar-refractivity contribution in [1.29, 1.82) is 0 Å². The van der Waals surface area contributed by atoms with E-state index in [1.165, 1.54) is 0 Å². The second kappa shape index (κ2) is 6.77. The lowest BCUT2D eigenvalue weighted by Gasteiger charge is -2.10. The third kappa shape index (κ3) is 4.88. The van der Waals surface area contributed by atoms with Crippen LogP contribution >= 0.6 is 15.9 Å². The van der Waals surface area contributed by atoms with Crippen molar-refractivity contribution in [2.24, 2.45) is 5.73 Å². The molecule has 0 saturated heterocycles. The third-order valence-corrected chi connectivity index (χ3v) is 3.46. The number of benzene rings is 1. The van der Waals surface area contributed by atoms with Crippen LogP contribution in [0, 0.1) is 6.92 Å². The molecule has 0 aromatic heterocycles. The molecule has 0 heterocycles. The smallest absolute Gasteiger partial charge is 0.224 e. The van der Waals surface area contributed by atoms with Crippen LogP contribution < -0.4 is 11.1 Å². The van der Waals surface area contributed by atoms with Crippen LogP contribution in [0.3, 0.4) is 0 Å². The molecule has 1 unspecified atom stereocenters. The van der Waals surface area contributed by atoms with Gasteiger partial charge in [0.2, 0.25) is 5.91 Å². The van der Waals surface area contributed by atoms with Crippen LogP contribution in [0.5, 0.6) is 0 Å². The van der Waals surface area contributed by atoms with Crippen molar-refractivity contribution < 1.29 is 4.79 Å². The Morgan fingerprint density at radius 2 is 2.24 bits per heavy atom. The second-order valence-electron chi connectivity index (χ2n) is 4.33. The largest absolute Gasteiger partial charge is 0.328 e. The fourth-order valence-corrected chi connectivity index (χ4v) is 1.91. The summed E-state index contributed by atoms with van der Waals surface area (Å²) in [4.78, 5) is 11.7. The van der Waals surface area contributed by atoms with Crippen molar-refractivity contribution in [3.05, 3.63) is 28.2 Å². The van der Waals surface area contributed by atoms with E-state index >= 15 is 0 Å². The molecule has 0 aliphatic carbocycles. The molecule has 1 amide bonds. The number of hydrogen-bond acceptors (Lipinski definition) is 2. The molecule has 0 spiro atoms. The monoisotopic (exact) mass is 298 g/mol. The second-order valence-corrected chi connectivity index (χ2v) is 5.18. The molecule has 0 saturated carbocycles. The molecule has 1 rings (SSSR count). The number of nitrogens with one attached hydrogen (secondary N) is 1. The minimum Gasteiger partial charge on any atom is -0.328 e. The fourth-order valence-electron chi connectivity index (χ4n) is 1.54. The van der Waals surface area contributed by atoms with Crippen LogP contribution in [0.25, 0.3) is 0 Å². The van der Waals surface area contributed by atoms with E-state index in [0.717, 1.165) is 28.6 Å². The summed E-state index contributed by atoms with van der Waals surface area (Å²) in [6.07, 6.45) is 2.23. The molecule has 1 aromatic rings. The van der Waals surface area contributed by atoms with Gasteiger partial charge in [-0.1, -0.05) is 22.0 Å². The van der Waals surface area contributed by atoms with Crippen LogP contribution in [-0.2, 0) is 4.79 Å². The minimum atomic E-state index is 0.0480. The lowest BCUT2D eigenvalue weighted by atomic mass is 10.1. The average molecular weight is 299 g/mol. The van der Waals surface area contributed by atoms with Gasteiger partial charge in [0.25, 0.3) is 0 Å². The van der Waals surface area contributed by atoms with E-state index in [9.17, 15) is 4.79 Å². The Labute approximate surface area is 111 Å².